The summed E-state index contributed by atoms with van der Waals surface area (Å²) in [4.78, 5) is 16.4. The molecule has 6 nitrogen and oxygen atoms in total. The minimum absolute atomic E-state index is 0.0187. The van der Waals surface area contributed by atoms with Crippen LogP contribution in [0.5, 0.6) is 0 Å². The van der Waals surface area contributed by atoms with E-state index in [1.54, 1.807) is 6.92 Å². The van der Waals surface area contributed by atoms with E-state index in [4.69, 9.17) is 4.84 Å². The van der Waals surface area contributed by atoms with E-state index in [0.717, 1.165) is 12.1 Å². The van der Waals surface area contributed by atoms with Gasteiger partial charge < -0.3 is 0 Å². The second-order valence-corrected chi connectivity index (χ2v) is 6.18. The molecule has 23 heavy (non-hydrogen) atoms. The smallest absolute Gasteiger partial charge is 0.274 e. The molecule has 1 amide bonds. The molecule has 0 aromatic heterocycles. The molecule has 0 bridgehead atoms. The molecule has 0 saturated heterocycles. The summed E-state index contributed by atoms with van der Waals surface area (Å²) in [5.74, 6) is -0.931. The van der Waals surface area contributed by atoms with Crippen LogP contribution in [-0.4, -0.2) is 20.9 Å². The molecule has 0 aliphatic heterocycles. The molecule has 0 aliphatic carbocycles. The summed E-state index contributed by atoms with van der Waals surface area (Å²) in [5, 5.41) is 0. The molecule has 122 valence electrons. The van der Waals surface area contributed by atoms with Crippen molar-refractivity contribution in [2.75, 3.05) is 11.3 Å². The first kappa shape index (κ1) is 16.9. The van der Waals surface area contributed by atoms with Gasteiger partial charge in [-0.2, -0.15) is 0 Å². The fourth-order valence-electron chi connectivity index (χ4n) is 1.71. The first-order chi connectivity index (χ1) is 10.9. The molecule has 0 unspecified atom stereocenters. The highest BCUT2D eigenvalue weighted by Gasteiger charge is 2.15. The third-order valence-electron chi connectivity index (χ3n) is 2.83. The maximum Gasteiger partial charge on any atom is 0.274 e. The minimum atomic E-state index is -3.82. The van der Waals surface area contributed by atoms with E-state index in [2.05, 4.69) is 10.2 Å². The van der Waals surface area contributed by atoms with Crippen LogP contribution in [0.3, 0.4) is 0 Å². The molecule has 0 radical (unpaired) electrons. The molecule has 2 N–H and O–H groups in total. The predicted molar refractivity (Wildman–Crippen MR) is 82.7 cm³/mol. The average molecular weight is 338 g/mol. The van der Waals surface area contributed by atoms with Crippen LogP contribution in [0.25, 0.3) is 0 Å². The Hall–Kier alpha value is -2.45. The molecular formula is C15H15FN2O4S. The van der Waals surface area contributed by atoms with Gasteiger partial charge in [-0.15, -0.1) is 0 Å². The Bertz CT molecular complexity index is 774. The van der Waals surface area contributed by atoms with Gasteiger partial charge in [0.1, 0.15) is 5.82 Å². The monoisotopic (exact) mass is 338 g/mol. The van der Waals surface area contributed by atoms with E-state index in [9.17, 15) is 17.6 Å². The van der Waals surface area contributed by atoms with Gasteiger partial charge in [-0.3, -0.25) is 14.4 Å². The fourth-order valence-corrected chi connectivity index (χ4v) is 2.77. The Balaban J connectivity index is 2.14. The van der Waals surface area contributed by atoms with Crippen LogP contribution in [0.1, 0.15) is 17.3 Å². The summed E-state index contributed by atoms with van der Waals surface area (Å²) in [5.41, 5.74) is 2.72. The summed E-state index contributed by atoms with van der Waals surface area (Å²) in [6.07, 6.45) is 0. The number of halogens is 1. The number of hydrogen-bond donors (Lipinski definition) is 2. The fraction of sp³-hybridized carbons (Fsp3) is 0.133. The molecule has 2 aromatic rings. The van der Waals surface area contributed by atoms with Gasteiger partial charge in [0, 0.05) is 11.3 Å². The van der Waals surface area contributed by atoms with Crippen LogP contribution in [0.15, 0.2) is 53.4 Å². The molecular weight excluding hydrogens is 323 g/mol. The Labute approximate surface area is 133 Å². The van der Waals surface area contributed by atoms with Crippen LogP contribution in [0.2, 0.25) is 0 Å². The number of hydrogen-bond acceptors (Lipinski definition) is 4. The predicted octanol–water partition coefficient (Wildman–Crippen LogP) is 2.31. The third-order valence-corrected chi connectivity index (χ3v) is 4.23. The first-order valence-corrected chi connectivity index (χ1v) is 8.21. The van der Waals surface area contributed by atoms with Crippen molar-refractivity contribution >= 4 is 21.6 Å². The Morgan fingerprint density at radius 3 is 2.26 bits per heavy atom. The SMILES string of the molecule is CCONC(=O)c1ccc(S(=O)(=O)Nc2ccc(F)cc2)cc1. The lowest BCUT2D eigenvalue weighted by Crippen LogP contribution is -2.23. The van der Waals surface area contributed by atoms with E-state index < -0.39 is 21.7 Å². The second-order valence-electron chi connectivity index (χ2n) is 4.50. The molecule has 0 saturated carbocycles. The van der Waals surface area contributed by atoms with E-state index in [1.807, 2.05) is 0 Å². The minimum Gasteiger partial charge on any atom is -0.280 e. The molecule has 2 rings (SSSR count). The second kappa shape index (κ2) is 7.21. The molecule has 0 atom stereocenters. The zero-order chi connectivity index (χ0) is 16.9. The first-order valence-electron chi connectivity index (χ1n) is 6.73. The number of carbonyl (C=O) groups excluding carboxylic acids is 1. The summed E-state index contributed by atoms with van der Waals surface area (Å²) in [6, 6.07) is 10.3. The highest BCUT2D eigenvalue weighted by atomic mass is 32.2. The van der Waals surface area contributed by atoms with Crippen molar-refractivity contribution in [3.05, 3.63) is 59.9 Å². The summed E-state index contributed by atoms with van der Waals surface area (Å²) in [6.45, 7) is 2.04. The van der Waals surface area contributed by atoms with Gasteiger partial charge in [0.15, 0.2) is 0 Å². The maximum absolute atomic E-state index is 12.8. The van der Waals surface area contributed by atoms with E-state index in [1.165, 1.54) is 36.4 Å². The zero-order valence-corrected chi connectivity index (χ0v) is 13.1. The van der Waals surface area contributed by atoms with Crippen molar-refractivity contribution in [3.8, 4) is 0 Å². The topological polar surface area (TPSA) is 84.5 Å². The van der Waals surface area contributed by atoms with Crippen LogP contribution in [-0.2, 0) is 14.9 Å². The van der Waals surface area contributed by atoms with Crippen molar-refractivity contribution in [1.82, 2.24) is 5.48 Å². The molecule has 2 aromatic carbocycles. The molecule has 0 heterocycles. The molecule has 0 fully saturated rings. The van der Waals surface area contributed by atoms with Gasteiger partial charge in [0.25, 0.3) is 15.9 Å². The lowest BCUT2D eigenvalue weighted by atomic mass is 10.2. The number of nitrogens with one attached hydrogen (secondary N) is 2. The van der Waals surface area contributed by atoms with Crippen molar-refractivity contribution in [3.63, 3.8) is 0 Å². The van der Waals surface area contributed by atoms with E-state index in [0.29, 0.717) is 6.61 Å². The van der Waals surface area contributed by atoms with Gasteiger partial charge in [-0.1, -0.05) is 0 Å². The highest BCUT2D eigenvalue weighted by Crippen LogP contribution is 2.17. The van der Waals surface area contributed by atoms with Crippen LogP contribution >= 0.6 is 0 Å². The Kier molecular flexibility index (Phi) is 5.30. The lowest BCUT2D eigenvalue weighted by Gasteiger charge is -2.09. The largest absolute Gasteiger partial charge is 0.280 e. The number of sulfonamides is 1. The average Bonchev–Trinajstić information content (AvgIpc) is 2.54. The lowest BCUT2D eigenvalue weighted by molar-refractivity contribution is 0.0364. The standard InChI is InChI=1S/C15H15FN2O4S/c1-2-22-17-15(19)11-3-9-14(10-4-11)23(20,21)18-13-7-5-12(16)6-8-13/h3-10,18H,2H2,1H3,(H,17,19). The van der Waals surface area contributed by atoms with Crippen molar-refractivity contribution < 1.29 is 22.4 Å². The number of amides is 1. The van der Waals surface area contributed by atoms with Crippen LogP contribution < -0.4 is 10.2 Å². The van der Waals surface area contributed by atoms with Gasteiger partial charge in [0.05, 0.1) is 11.5 Å². The quantitative estimate of drug-likeness (QED) is 0.792. The maximum atomic E-state index is 12.8. The van der Waals surface area contributed by atoms with Gasteiger partial charge >= 0.3 is 0 Å². The van der Waals surface area contributed by atoms with Crippen LogP contribution in [0, 0.1) is 5.82 Å². The molecule has 8 heteroatoms. The van der Waals surface area contributed by atoms with E-state index in [-0.39, 0.29) is 16.1 Å². The molecule has 0 spiro atoms. The Morgan fingerprint density at radius 2 is 1.70 bits per heavy atom. The summed E-state index contributed by atoms with van der Waals surface area (Å²) < 4.78 is 39.6. The zero-order valence-electron chi connectivity index (χ0n) is 12.2. The number of hydroxylamine groups is 1. The number of anilines is 1. The highest BCUT2D eigenvalue weighted by molar-refractivity contribution is 7.92. The van der Waals surface area contributed by atoms with Crippen LogP contribution in [0.4, 0.5) is 10.1 Å². The van der Waals surface area contributed by atoms with Gasteiger partial charge in [0.2, 0.25) is 0 Å². The van der Waals surface area contributed by atoms with Crippen molar-refractivity contribution in [1.29, 1.82) is 0 Å². The number of carbonyl (C=O) groups is 1. The summed E-state index contributed by atoms with van der Waals surface area (Å²) in [7, 11) is -3.82. The molecule has 0 aliphatic rings. The number of benzene rings is 2. The third kappa shape index (κ3) is 4.51. The number of rotatable bonds is 6. The van der Waals surface area contributed by atoms with Crippen molar-refractivity contribution in [2.45, 2.75) is 11.8 Å². The summed E-state index contributed by atoms with van der Waals surface area (Å²) >= 11 is 0. The van der Waals surface area contributed by atoms with Gasteiger partial charge in [-0.25, -0.2) is 18.3 Å². The normalized spacial score (nSPS) is 11.0. The van der Waals surface area contributed by atoms with Crippen molar-refractivity contribution in [2.24, 2.45) is 0 Å². The Morgan fingerprint density at radius 1 is 1.09 bits per heavy atom. The van der Waals surface area contributed by atoms with E-state index >= 15 is 0 Å². The van der Waals surface area contributed by atoms with Gasteiger partial charge in [-0.05, 0) is 55.5 Å².